The fourth-order valence-corrected chi connectivity index (χ4v) is 2.46. The summed E-state index contributed by atoms with van der Waals surface area (Å²) in [5.41, 5.74) is 1.57. The van der Waals surface area contributed by atoms with Gasteiger partial charge in [-0.25, -0.2) is 4.98 Å². The second-order valence-corrected chi connectivity index (χ2v) is 7.94. The summed E-state index contributed by atoms with van der Waals surface area (Å²) in [7, 11) is 0. The average molecular weight is 276 g/mol. The van der Waals surface area contributed by atoms with E-state index in [0.717, 1.165) is 18.7 Å². The van der Waals surface area contributed by atoms with Gasteiger partial charge in [-0.1, -0.05) is 26.8 Å². The molecule has 1 aliphatic carbocycles. The predicted molar refractivity (Wildman–Crippen MR) is 83.3 cm³/mol. The van der Waals surface area contributed by atoms with Gasteiger partial charge in [0.1, 0.15) is 6.10 Å². The van der Waals surface area contributed by atoms with E-state index in [4.69, 9.17) is 4.74 Å². The molecule has 0 radical (unpaired) electrons. The van der Waals surface area contributed by atoms with E-state index in [1.807, 2.05) is 12.3 Å². The zero-order valence-electron chi connectivity index (χ0n) is 13.7. The van der Waals surface area contributed by atoms with Crippen LogP contribution >= 0.6 is 0 Å². The summed E-state index contributed by atoms with van der Waals surface area (Å²) in [5, 5.41) is 3.60. The maximum absolute atomic E-state index is 5.91. The highest BCUT2D eigenvalue weighted by molar-refractivity contribution is 5.23. The van der Waals surface area contributed by atoms with Crippen molar-refractivity contribution in [1.82, 2.24) is 10.3 Å². The van der Waals surface area contributed by atoms with Gasteiger partial charge >= 0.3 is 0 Å². The topological polar surface area (TPSA) is 34.1 Å². The van der Waals surface area contributed by atoms with Crippen molar-refractivity contribution in [2.24, 2.45) is 0 Å². The van der Waals surface area contributed by atoms with E-state index in [0.29, 0.717) is 12.1 Å². The number of pyridine rings is 1. The van der Waals surface area contributed by atoms with Gasteiger partial charge in [-0.3, -0.25) is 0 Å². The molecule has 1 aromatic rings. The molecule has 1 fully saturated rings. The summed E-state index contributed by atoms with van der Waals surface area (Å²) in [6, 6.07) is 4.69. The van der Waals surface area contributed by atoms with E-state index in [1.165, 1.54) is 5.56 Å². The van der Waals surface area contributed by atoms with Crippen LogP contribution in [-0.4, -0.2) is 22.7 Å². The molecule has 1 aromatic heterocycles. The monoisotopic (exact) mass is 276 g/mol. The molecule has 20 heavy (non-hydrogen) atoms. The van der Waals surface area contributed by atoms with Gasteiger partial charge in [0.2, 0.25) is 5.88 Å². The minimum Gasteiger partial charge on any atom is -0.474 e. The van der Waals surface area contributed by atoms with E-state index in [-0.39, 0.29) is 11.0 Å². The lowest BCUT2D eigenvalue weighted by molar-refractivity contribution is 0.0694. The summed E-state index contributed by atoms with van der Waals surface area (Å²) < 4.78 is 5.91. The summed E-state index contributed by atoms with van der Waals surface area (Å²) in [5.74, 6) is 0.747. The summed E-state index contributed by atoms with van der Waals surface area (Å²) >= 11 is 0. The molecule has 0 aliphatic heterocycles. The van der Waals surface area contributed by atoms with Crippen molar-refractivity contribution >= 4 is 0 Å². The lowest BCUT2D eigenvalue weighted by atomic mass is 9.87. The Morgan fingerprint density at radius 1 is 1.10 bits per heavy atom. The molecule has 0 unspecified atom stereocenters. The lowest BCUT2D eigenvalue weighted by Gasteiger charge is -2.39. The number of aromatic nitrogens is 1. The number of nitrogens with zero attached hydrogens (tertiary/aromatic N) is 1. The van der Waals surface area contributed by atoms with Crippen LogP contribution in [-0.2, 0) is 5.41 Å². The largest absolute Gasteiger partial charge is 0.474 e. The molecule has 3 nitrogen and oxygen atoms in total. The Balaban J connectivity index is 1.82. The van der Waals surface area contributed by atoms with Gasteiger partial charge < -0.3 is 10.1 Å². The van der Waals surface area contributed by atoms with Crippen molar-refractivity contribution in [1.29, 1.82) is 0 Å². The van der Waals surface area contributed by atoms with Crippen LogP contribution in [0.25, 0.3) is 0 Å². The minimum absolute atomic E-state index is 0.143. The third-order valence-electron chi connectivity index (χ3n) is 3.62. The van der Waals surface area contributed by atoms with E-state index >= 15 is 0 Å². The molecule has 1 aliphatic rings. The van der Waals surface area contributed by atoms with Gasteiger partial charge in [0.05, 0.1) is 0 Å². The molecule has 0 aromatic carbocycles. The zero-order valence-corrected chi connectivity index (χ0v) is 13.7. The van der Waals surface area contributed by atoms with Crippen LogP contribution < -0.4 is 10.1 Å². The molecule has 1 N–H and O–H groups in total. The first-order chi connectivity index (χ1) is 9.13. The van der Waals surface area contributed by atoms with Crippen LogP contribution in [0.5, 0.6) is 5.88 Å². The highest BCUT2D eigenvalue weighted by Crippen LogP contribution is 2.28. The van der Waals surface area contributed by atoms with Gasteiger partial charge in [0, 0.05) is 23.8 Å². The number of hydrogen-bond donors (Lipinski definition) is 1. The van der Waals surface area contributed by atoms with E-state index in [1.54, 1.807) is 0 Å². The molecule has 0 atom stereocenters. The quantitative estimate of drug-likeness (QED) is 0.914. The Bertz CT molecular complexity index is 434. The maximum Gasteiger partial charge on any atom is 0.213 e. The smallest absolute Gasteiger partial charge is 0.213 e. The Morgan fingerprint density at radius 2 is 1.75 bits per heavy atom. The Hall–Kier alpha value is -1.09. The van der Waals surface area contributed by atoms with Crippen LogP contribution in [0.3, 0.4) is 0 Å². The third-order valence-corrected chi connectivity index (χ3v) is 3.62. The van der Waals surface area contributed by atoms with Crippen molar-refractivity contribution in [2.45, 2.75) is 77.5 Å². The molecule has 3 heteroatoms. The normalized spacial score (nSPS) is 23.3. The molecule has 1 heterocycles. The van der Waals surface area contributed by atoms with Crippen LogP contribution in [0.1, 0.15) is 59.9 Å². The molecule has 0 spiro atoms. The van der Waals surface area contributed by atoms with Gasteiger partial charge in [-0.05, 0) is 44.6 Å². The molecule has 2 rings (SSSR count). The van der Waals surface area contributed by atoms with Crippen LogP contribution in [0.15, 0.2) is 18.3 Å². The fourth-order valence-electron chi connectivity index (χ4n) is 2.46. The van der Waals surface area contributed by atoms with E-state index in [9.17, 15) is 0 Å². The molecule has 0 saturated heterocycles. The Kier molecular flexibility index (Phi) is 4.10. The van der Waals surface area contributed by atoms with Crippen molar-refractivity contribution < 1.29 is 4.74 Å². The molecule has 0 amide bonds. The SMILES string of the molecule is CC(C)(C)N[C@H]1C[C@H](Oc2ccc(C(C)(C)C)cn2)C1. The standard InChI is InChI=1S/C17H28N2O/c1-16(2,3)12-7-8-15(18-11-12)20-14-9-13(10-14)19-17(4,5)6/h7-8,11,13-14,19H,9-10H2,1-6H3/t13-,14-. The highest BCUT2D eigenvalue weighted by atomic mass is 16.5. The average Bonchev–Trinajstić information content (AvgIpc) is 2.24. The number of hydrogen-bond acceptors (Lipinski definition) is 3. The van der Waals surface area contributed by atoms with Crippen LogP contribution in [0.2, 0.25) is 0 Å². The first-order valence-electron chi connectivity index (χ1n) is 7.54. The molecule has 1 saturated carbocycles. The molecular weight excluding hydrogens is 248 g/mol. The lowest BCUT2D eigenvalue weighted by Crippen LogP contribution is -2.53. The van der Waals surface area contributed by atoms with Crippen molar-refractivity contribution in [3.05, 3.63) is 23.9 Å². The molecular formula is C17H28N2O. The van der Waals surface area contributed by atoms with E-state index in [2.05, 4.69) is 57.9 Å². The van der Waals surface area contributed by atoms with Gasteiger partial charge in [-0.15, -0.1) is 0 Å². The van der Waals surface area contributed by atoms with Crippen LogP contribution in [0, 0.1) is 0 Å². The number of rotatable bonds is 3. The second-order valence-electron chi connectivity index (χ2n) is 7.94. The zero-order chi connectivity index (χ0) is 15.0. The predicted octanol–water partition coefficient (Wildman–Crippen LogP) is 3.68. The first-order valence-corrected chi connectivity index (χ1v) is 7.54. The fraction of sp³-hybridized carbons (Fsp3) is 0.706. The van der Waals surface area contributed by atoms with E-state index < -0.39 is 0 Å². The summed E-state index contributed by atoms with van der Waals surface area (Å²) in [6.45, 7) is 13.2. The highest BCUT2D eigenvalue weighted by Gasteiger charge is 2.33. The maximum atomic E-state index is 5.91. The first kappa shape index (κ1) is 15.3. The van der Waals surface area contributed by atoms with Gasteiger partial charge in [0.15, 0.2) is 0 Å². The number of ether oxygens (including phenoxy) is 1. The number of nitrogens with one attached hydrogen (secondary N) is 1. The molecule has 112 valence electrons. The summed E-state index contributed by atoms with van der Waals surface area (Å²) in [4.78, 5) is 4.42. The van der Waals surface area contributed by atoms with Crippen molar-refractivity contribution in [3.8, 4) is 5.88 Å². The Morgan fingerprint density at radius 3 is 2.20 bits per heavy atom. The molecule has 0 bridgehead atoms. The van der Waals surface area contributed by atoms with Gasteiger partial charge in [-0.2, -0.15) is 0 Å². The Labute approximate surface area is 123 Å². The second kappa shape index (κ2) is 5.36. The summed E-state index contributed by atoms with van der Waals surface area (Å²) in [6.07, 6.45) is 4.38. The minimum atomic E-state index is 0.143. The van der Waals surface area contributed by atoms with Crippen molar-refractivity contribution in [2.75, 3.05) is 0 Å². The third kappa shape index (κ3) is 4.20. The van der Waals surface area contributed by atoms with Crippen LogP contribution in [0.4, 0.5) is 0 Å². The van der Waals surface area contributed by atoms with Crippen molar-refractivity contribution in [3.63, 3.8) is 0 Å². The van der Waals surface area contributed by atoms with Gasteiger partial charge in [0.25, 0.3) is 0 Å².